The summed E-state index contributed by atoms with van der Waals surface area (Å²) >= 11 is 1.46. The van der Waals surface area contributed by atoms with Gasteiger partial charge in [-0.3, -0.25) is 10.3 Å². The standard InChI is InChI=1S/C19H22N4O2S/c1-3-25-8-4-7-21-18(24)23-19-22-16-6-5-14(10-17(16)26-19)15-9-13(2)11-20-12-15/h5-6,9-12H,3-4,7-8H2,1-2H3,(H2,21,22,23,24). The Bertz CT molecular complexity index is 894. The lowest BCUT2D eigenvalue weighted by molar-refractivity contribution is 0.145. The first-order valence-corrected chi connectivity index (χ1v) is 9.42. The molecular weight excluding hydrogens is 348 g/mol. The number of hydrogen-bond acceptors (Lipinski definition) is 5. The molecule has 2 heterocycles. The molecule has 0 radical (unpaired) electrons. The number of carbonyl (C=O) groups is 1. The Morgan fingerprint density at radius 1 is 1.23 bits per heavy atom. The van der Waals surface area contributed by atoms with Crippen molar-refractivity contribution in [3.8, 4) is 11.1 Å². The highest BCUT2D eigenvalue weighted by molar-refractivity contribution is 7.22. The molecule has 0 saturated heterocycles. The van der Waals surface area contributed by atoms with Crippen molar-refractivity contribution in [1.29, 1.82) is 0 Å². The van der Waals surface area contributed by atoms with Crippen molar-refractivity contribution in [2.45, 2.75) is 20.3 Å². The Kier molecular flexibility index (Phi) is 6.14. The van der Waals surface area contributed by atoms with E-state index in [1.807, 2.05) is 38.4 Å². The predicted molar refractivity (Wildman–Crippen MR) is 106 cm³/mol. The van der Waals surface area contributed by atoms with E-state index in [2.05, 4.69) is 32.7 Å². The number of benzene rings is 1. The van der Waals surface area contributed by atoms with Crippen molar-refractivity contribution in [1.82, 2.24) is 15.3 Å². The van der Waals surface area contributed by atoms with Gasteiger partial charge in [-0.15, -0.1) is 0 Å². The van der Waals surface area contributed by atoms with Crippen LogP contribution in [0, 0.1) is 6.92 Å². The van der Waals surface area contributed by atoms with Crippen molar-refractivity contribution >= 4 is 32.7 Å². The maximum absolute atomic E-state index is 11.9. The van der Waals surface area contributed by atoms with E-state index in [1.54, 1.807) is 0 Å². The second-order valence-corrected chi connectivity index (χ2v) is 6.91. The third-order valence-electron chi connectivity index (χ3n) is 3.77. The van der Waals surface area contributed by atoms with Crippen molar-refractivity contribution in [3.05, 3.63) is 42.2 Å². The third kappa shape index (κ3) is 4.77. The smallest absolute Gasteiger partial charge is 0.321 e. The minimum absolute atomic E-state index is 0.247. The number of fused-ring (bicyclic) bond motifs is 1. The first kappa shape index (κ1) is 18.3. The monoisotopic (exact) mass is 370 g/mol. The zero-order chi connectivity index (χ0) is 18.4. The van der Waals surface area contributed by atoms with Crippen LogP contribution in [-0.2, 0) is 4.74 Å². The minimum Gasteiger partial charge on any atom is -0.382 e. The molecule has 0 spiro atoms. The summed E-state index contributed by atoms with van der Waals surface area (Å²) in [5, 5.41) is 6.19. The molecular formula is C19H22N4O2S. The summed E-state index contributed by atoms with van der Waals surface area (Å²) in [7, 11) is 0. The molecule has 7 heteroatoms. The molecule has 0 aliphatic carbocycles. The summed E-state index contributed by atoms with van der Waals surface area (Å²) in [5.74, 6) is 0. The molecule has 3 aromatic rings. The van der Waals surface area contributed by atoms with Gasteiger partial charge in [-0.2, -0.15) is 0 Å². The van der Waals surface area contributed by atoms with Crippen LogP contribution in [0.15, 0.2) is 36.7 Å². The molecule has 2 N–H and O–H groups in total. The fourth-order valence-electron chi connectivity index (χ4n) is 2.53. The quantitative estimate of drug-likeness (QED) is 0.611. The van der Waals surface area contributed by atoms with Crippen molar-refractivity contribution in [2.75, 3.05) is 25.1 Å². The van der Waals surface area contributed by atoms with Crippen LogP contribution in [0.5, 0.6) is 0 Å². The van der Waals surface area contributed by atoms with Crippen molar-refractivity contribution in [2.24, 2.45) is 0 Å². The summed E-state index contributed by atoms with van der Waals surface area (Å²) in [4.78, 5) is 20.7. The molecule has 0 atom stereocenters. The number of aromatic nitrogens is 2. The fraction of sp³-hybridized carbons (Fsp3) is 0.316. The number of rotatable bonds is 7. The Hall–Kier alpha value is -2.51. The number of anilines is 1. The maximum atomic E-state index is 11.9. The van der Waals surface area contributed by atoms with E-state index >= 15 is 0 Å². The molecule has 2 aromatic heterocycles. The van der Waals surface area contributed by atoms with E-state index in [4.69, 9.17) is 4.74 Å². The first-order valence-electron chi connectivity index (χ1n) is 8.61. The van der Waals surface area contributed by atoms with Crippen LogP contribution in [0.25, 0.3) is 21.3 Å². The van der Waals surface area contributed by atoms with Crippen LogP contribution in [0.2, 0.25) is 0 Å². The Morgan fingerprint density at radius 3 is 2.92 bits per heavy atom. The van der Waals surface area contributed by atoms with Crippen LogP contribution in [0.1, 0.15) is 18.9 Å². The van der Waals surface area contributed by atoms with Crippen molar-refractivity contribution < 1.29 is 9.53 Å². The number of urea groups is 1. The fourth-order valence-corrected chi connectivity index (χ4v) is 3.43. The van der Waals surface area contributed by atoms with Gasteiger partial charge in [0.2, 0.25) is 0 Å². The van der Waals surface area contributed by atoms with Gasteiger partial charge >= 0.3 is 6.03 Å². The lowest BCUT2D eigenvalue weighted by Gasteiger charge is -2.05. The molecule has 1 aromatic carbocycles. The lowest BCUT2D eigenvalue weighted by Crippen LogP contribution is -2.30. The van der Waals surface area contributed by atoms with Gasteiger partial charge in [-0.1, -0.05) is 17.4 Å². The average Bonchev–Trinajstić information content (AvgIpc) is 3.02. The van der Waals surface area contributed by atoms with E-state index in [0.29, 0.717) is 24.9 Å². The van der Waals surface area contributed by atoms with Gasteiger partial charge < -0.3 is 10.1 Å². The SMILES string of the molecule is CCOCCCNC(=O)Nc1nc2ccc(-c3cncc(C)c3)cc2s1. The van der Waals surface area contributed by atoms with E-state index in [9.17, 15) is 4.79 Å². The van der Waals surface area contributed by atoms with Gasteiger partial charge in [-0.05, 0) is 49.6 Å². The summed E-state index contributed by atoms with van der Waals surface area (Å²) in [5.41, 5.74) is 4.15. The molecule has 0 bridgehead atoms. The number of thiazole rings is 1. The highest BCUT2D eigenvalue weighted by atomic mass is 32.1. The number of nitrogens with zero attached hydrogens (tertiary/aromatic N) is 2. The number of hydrogen-bond donors (Lipinski definition) is 2. The van der Waals surface area contributed by atoms with Gasteiger partial charge in [0.15, 0.2) is 5.13 Å². The molecule has 26 heavy (non-hydrogen) atoms. The molecule has 0 unspecified atom stereocenters. The molecule has 6 nitrogen and oxygen atoms in total. The van der Waals surface area contributed by atoms with E-state index in [1.165, 1.54) is 11.3 Å². The van der Waals surface area contributed by atoms with Gasteiger partial charge in [-0.25, -0.2) is 9.78 Å². The summed E-state index contributed by atoms with van der Waals surface area (Å²) in [6.45, 7) is 5.89. The molecule has 0 saturated carbocycles. The summed E-state index contributed by atoms with van der Waals surface area (Å²) in [6, 6.07) is 7.92. The van der Waals surface area contributed by atoms with Crippen LogP contribution >= 0.6 is 11.3 Å². The summed E-state index contributed by atoms with van der Waals surface area (Å²) < 4.78 is 6.27. The Morgan fingerprint density at radius 2 is 2.12 bits per heavy atom. The zero-order valence-electron chi connectivity index (χ0n) is 14.9. The Labute approximate surface area is 156 Å². The largest absolute Gasteiger partial charge is 0.382 e. The van der Waals surface area contributed by atoms with Crippen LogP contribution in [-0.4, -0.2) is 35.8 Å². The number of nitrogens with one attached hydrogen (secondary N) is 2. The third-order valence-corrected chi connectivity index (χ3v) is 4.71. The lowest BCUT2D eigenvalue weighted by atomic mass is 10.1. The number of carbonyl (C=O) groups excluding carboxylic acids is 1. The molecule has 0 fully saturated rings. The molecule has 0 aliphatic rings. The number of pyridine rings is 1. The van der Waals surface area contributed by atoms with Gasteiger partial charge in [0.25, 0.3) is 0 Å². The Balaban J connectivity index is 1.65. The van der Waals surface area contributed by atoms with Gasteiger partial charge in [0.1, 0.15) is 0 Å². The second-order valence-electron chi connectivity index (χ2n) is 5.88. The molecule has 3 rings (SSSR count). The number of ether oxygens (including phenoxy) is 1. The van der Waals surface area contributed by atoms with Gasteiger partial charge in [0, 0.05) is 37.7 Å². The number of amides is 2. The highest BCUT2D eigenvalue weighted by Crippen LogP contribution is 2.30. The topological polar surface area (TPSA) is 76.1 Å². The van der Waals surface area contributed by atoms with E-state index < -0.39 is 0 Å². The molecule has 2 amide bonds. The maximum Gasteiger partial charge on any atom is 0.321 e. The van der Waals surface area contributed by atoms with Crippen LogP contribution < -0.4 is 10.6 Å². The first-order chi connectivity index (χ1) is 12.7. The van der Waals surface area contributed by atoms with Crippen molar-refractivity contribution in [3.63, 3.8) is 0 Å². The highest BCUT2D eigenvalue weighted by Gasteiger charge is 2.09. The number of aryl methyl sites for hydroxylation is 1. The van der Waals surface area contributed by atoms with Gasteiger partial charge in [0.05, 0.1) is 10.2 Å². The molecule has 0 aliphatic heterocycles. The minimum atomic E-state index is -0.247. The average molecular weight is 370 g/mol. The normalized spacial score (nSPS) is 10.8. The van der Waals surface area contributed by atoms with E-state index in [0.717, 1.165) is 33.3 Å². The van der Waals surface area contributed by atoms with E-state index in [-0.39, 0.29) is 6.03 Å². The predicted octanol–water partition coefficient (Wildman–Crippen LogP) is 4.21. The van der Waals surface area contributed by atoms with Crippen LogP contribution in [0.3, 0.4) is 0 Å². The second kappa shape index (κ2) is 8.73. The van der Waals surface area contributed by atoms with Crippen LogP contribution in [0.4, 0.5) is 9.93 Å². The molecule has 136 valence electrons. The summed E-state index contributed by atoms with van der Waals surface area (Å²) in [6.07, 6.45) is 4.48. The zero-order valence-corrected chi connectivity index (χ0v) is 15.7.